The minimum absolute atomic E-state index is 0.183. The van der Waals surface area contributed by atoms with Gasteiger partial charge in [-0.25, -0.2) is 0 Å². The summed E-state index contributed by atoms with van der Waals surface area (Å²) < 4.78 is 0. The molecule has 0 fully saturated rings. The Labute approximate surface area is 115 Å². The lowest BCUT2D eigenvalue weighted by Crippen LogP contribution is -2.14. The Morgan fingerprint density at radius 3 is 2.90 bits per heavy atom. The van der Waals surface area contributed by atoms with Crippen molar-refractivity contribution in [3.63, 3.8) is 0 Å². The zero-order valence-corrected chi connectivity index (χ0v) is 11.0. The summed E-state index contributed by atoms with van der Waals surface area (Å²) in [6, 6.07) is 10.9. The van der Waals surface area contributed by atoms with E-state index in [1.54, 1.807) is 24.4 Å². The molecule has 1 heterocycles. The van der Waals surface area contributed by atoms with Gasteiger partial charge in [0.1, 0.15) is 0 Å². The Bertz CT molecular complexity index is 791. The van der Waals surface area contributed by atoms with Gasteiger partial charge in [0.15, 0.2) is 0 Å². The van der Waals surface area contributed by atoms with Gasteiger partial charge in [0.25, 0.3) is 5.91 Å². The molecular weight excluding hydrogens is 252 g/mol. The molecule has 5 heteroatoms. The Morgan fingerprint density at radius 2 is 2.05 bits per heavy atom. The summed E-state index contributed by atoms with van der Waals surface area (Å²) >= 11 is 0. The van der Waals surface area contributed by atoms with E-state index in [1.165, 1.54) is 0 Å². The third kappa shape index (κ3) is 1.99. The third-order valence-corrected chi connectivity index (χ3v) is 3.35. The highest BCUT2D eigenvalue weighted by Gasteiger charge is 2.12. The molecule has 5 nitrogen and oxygen atoms in total. The average molecular weight is 266 g/mol. The molecule has 1 aromatic heterocycles. The minimum atomic E-state index is -0.183. The number of hydrogen-bond donors (Lipinski definition) is 3. The van der Waals surface area contributed by atoms with Gasteiger partial charge in [-0.15, -0.1) is 0 Å². The van der Waals surface area contributed by atoms with Crippen LogP contribution < -0.4 is 11.1 Å². The molecule has 0 unspecified atom stereocenters. The van der Waals surface area contributed by atoms with Gasteiger partial charge < -0.3 is 11.1 Å². The maximum absolute atomic E-state index is 12.4. The van der Waals surface area contributed by atoms with Crippen LogP contribution in [0.25, 0.3) is 10.9 Å². The van der Waals surface area contributed by atoms with Gasteiger partial charge in [-0.05, 0) is 30.7 Å². The van der Waals surface area contributed by atoms with Gasteiger partial charge in [0.05, 0.1) is 17.4 Å². The number of anilines is 2. The van der Waals surface area contributed by atoms with Crippen LogP contribution in [0.15, 0.2) is 42.6 Å². The summed E-state index contributed by atoms with van der Waals surface area (Å²) in [6.45, 7) is 1.83. The number of H-pyrrole nitrogens is 1. The summed E-state index contributed by atoms with van der Waals surface area (Å²) in [5.41, 5.74) is 9.30. The fourth-order valence-electron chi connectivity index (χ4n) is 2.16. The van der Waals surface area contributed by atoms with E-state index in [9.17, 15) is 4.79 Å². The first-order valence-corrected chi connectivity index (χ1v) is 6.25. The van der Waals surface area contributed by atoms with Crippen LogP contribution in [0.4, 0.5) is 11.4 Å². The standard InChI is InChI=1S/C15H14N4O/c1-9-11(5-3-6-12(9)16)15(20)18-13-7-2-4-10-8-17-19-14(10)13/h2-8H,16H2,1H3,(H,17,19)(H,18,20). The van der Waals surface area contributed by atoms with Gasteiger partial charge >= 0.3 is 0 Å². The van der Waals surface area contributed by atoms with Gasteiger partial charge in [-0.1, -0.05) is 18.2 Å². The van der Waals surface area contributed by atoms with Crippen molar-refractivity contribution in [2.24, 2.45) is 0 Å². The monoisotopic (exact) mass is 266 g/mol. The highest BCUT2D eigenvalue weighted by atomic mass is 16.1. The van der Waals surface area contributed by atoms with Gasteiger partial charge in [-0.2, -0.15) is 5.10 Å². The van der Waals surface area contributed by atoms with Crippen LogP contribution in [0.1, 0.15) is 15.9 Å². The number of nitrogens with one attached hydrogen (secondary N) is 2. The number of para-hydroxylation sites is 1. The SMILES string of the molecule is Cc1c(N)cccc1C(=O)Nc1cccc2cn[nH]c12. The van der Waals surface area contributed by atoms with Gasteiger partial charge in [0, 0.05) is 16.6 Å². The molecule has 0 aliphatic carbocycles. The second-order valence-electron chi connectivity index (χ2n) is 4.61. The molecule has 3 aromatic rings. The Kier molecular flexibility index (Phi) is 2.87. The first-order chi connectivity index (χ1) is 9.66. The first kappa shape index (κ1) is 12.2. The number of carbonyl (C=O) groups is 1. The van der Waals surface area contributed by atoms with E-state index in [-0.39, 0.29) is 5.91 Å². The van der Waals surface area contributed by atoms with E-state index in [4.69, 9.17) is 5.73 Å². The molecule has 0 atom stereocenters. The molecule has 0 aliphatic rings. The Morgan fingerprint density at radius 1 is 1.25 bits per heavy atom. The van der Waals surface area contributed by atoms with Crippen LogP contribution in [-0.4, -0.2) is 16.1 Å². The number of benzene rings is 2. The molecule has 4 N–H and O–H groups in total. The lowest BCUT2D eigenvalue weighted by atomic mass is 10.1. The summed E-state index contributed by atoms with van der Waals surface area (Å²) in [6.07, 6.45) is 1.72. The maximum atomic E-state index is 12.4. The fraction of sp³-hybridized carbons (Fsp3) is 0.0667. The van der Waals surface area contributed by atoms with Crippen LogP contribution in [0.2, 0.25) is 0 Å². The highest BCUT2D eigenvalue weighted by molar-refractivity contribution is 6.09. The largest absolute Gasteiger partial charge is 0.398 e. The van der Waals surface area contributed by atoms with E-state index >= 15 is 0 Å². The van der Waals surface area contributed by atoms with Crippen molar-refractivity contribution >= 4 is 28.2 Å². The molecule has 0 saturated carbocycles. The smallest absolute Gasteiger partial charge is 0.256 e. The second-order valence-corrected chi connectivity index (χ2v) is 4.61. The van der Waals surface area contributed by atoms with Crippen LogP contribution in [-0.2, 0) is 0 Å². The van der Waals surface area contributed by atoms with E-state index < -0.39 is 0 Å². The predicted octanol–water partition coefficient (Wildman–Crippen LogP) is 2.71. The van der Waals surface area contributed by atoms with Crippen molar-refractivity contribution in [2.45, 2.75) is 6.92 Å². The number of carbonyl (C=O) groups excluding carboxylic acids is 1. The number of hydrogen-bond acceptors (Lipinski definition) is 3. The van der Waals surface area contributed by atoms with Crippen molar-refractivity contribution in [1.82, 2.24) is 10.2 Å². The molecule has 100 valence electrons. The number of fused-ring (bicyclic) bond motifs is 1. The number of nitrogen functional groups attached to an aromatic ring is 1. The molecule has 0 saturated heterocycles. The molecule has 0 aliphatic heterocycles. The lowest BCUT2D eigenvalue weighted by molar-refractivity contribution is 0.102. The number of nitrogens with zero attached hydrogens (tertiary/aromatic N) is 1. The highest BCUT2D eigenvalue weighted by Crippen LogP contribution is 2.22. The van der Waals surface area contributed by atoms with Crippen LogP contribution in [0.5, 0.6) is 0 Å². The molecule has 3 rings (SSSR count). The van der Waals surface area contributed by atoms with E-state index in [2.05, 4.69) is 15.5 Å². The quantitative estimate of drug-likeness (QED) is 0.623. The van der Waals surface area contributed by atoms with Gasteiger partial charge in [-0.3, -0.25) is 9.89 Å². The molecule has 1 amide bonds. The summed E-state index contributed by atoms with van der Waals surface area (Å²) in [4.78, 5) is 12.4. The van der Waals surface area contributed by atoms with E-state index in [1.807, 2.05) is 25.1 Å². The number of aromatic nitrogens is 2. The van der Waals surface area contributed by atoms with Crippen molar-refractivity contribution in [3.05, 3.63) is 53.7 Å². The number of rotatable bonds is 2. The predicted molar refractivity (Wildman–Crippen MR) is 79.6 cm³/mol. The summed E-state index contributed by atoms with van der Waals surface area (Å²) in [5, 5.41) is 10.7. The molecule has 0 bridgehead atoms. The minimum Gasteiger partial charge on any atom is -0.398 e. The maximum Gasteiger partial charge on any atom is 0.256 e. The van der Waals surface area contributed by atoms with Crippen LogP contribution in [0.3, 0.4) is 0 Å². The van der Waals surface area contributed by atoms with Crippen LogP contribution in [0, 0.1) is 6.92 Å². The van der Waals surface area contributed by atoms with Crippen molar-refractivity contribution in [1.29, 1.82) is 0 Å². The first-order valence-electron chi connectivity index (χ1n) is 6.25. The zero-order valence-electron chi connectivity index (χ0n) is 11.0. The summed E-state index contributed by atoms with van der Waals surface area (Å²) in [7, 11) is 0. The zero-order chi connectivity index (χ0) is 14.1. The second kappa shape index (κ2) is 4.70. The lowest BCUT2D eigenvalue weighted by Gasteiger charge is -2.09. The summed E-state index contributed by atoms with van der Waals surface area (Å²) in [5.74, 6) is -0.183. The molecular formula is C15H14N4O. The van der Waals surface area contributed by atoms with Gasteiger partial charge in [0.2, 0.25) is 0 Å². The Hall–Kier alpha value is -2.82. The number of amides is 1. The van der Waals surface area contributed by atoms with Crippen molar-refractivity contribution in [3.8, 4) is 0 Å². The van der Waals surface area contributed by atoms with Crippen molar-refractivity contribution in [2.75, 3.05) is 11.1 Å². The van der Waals surface area contributed by atoms with Crippen LogP contribution >= 0.6 is 0 Å². The molecule has 0 spiro atoms. The average Bonchev–Trinajstić information content (AvgIpc) is 2.91. The van der Waals surface area contributed by atoms with Crippen molar-refractivity contribution < 1.29 is 4.79 Å². The molecule has 2 aromatic carbocycles. The Balaban J connectivity index is 1.97. The number of aromatic amines is 1. The number of nitrogens with two attached hydrogens (primary N) is 1. The molecule has 20 heavy (non-hydrogen) atoms. The normalized spacial score (nSPS) is 10.7. The fourth-order valence-corrected chi connectivity index (χ4v) is 2.16. The van der Waals surface area contributed by atoms with E-state index in [0.717, 1.165) is 16.5 Å². The van der Waals surface area contributed by atoms with E-state index in [0.29, 0.717) is 16.9 Å². The third-order valence-electron chi connectivity index (χ3n) is 3.35. The molecule has 0 radical (unpaired) electrons. The topological polar surface area (TPSA) is 83.8 Å².